The molecule has 0 radical (unpaired) electrons. The van der Waals surface area contributed by atoms with Gasteiger partial charge in [-0.05, 0) is 31.5 Å². The first kappa shape index (κ1) is 16.3. The van der Waals surface area contributed by atoms with Crippen molar-refractivity contribution in [1.82, 2.24) is 10.0 Å². The molecule has 1 aliphatic heterocycles. The lowest BCUT2D eigenvalue weighted by Gasteiger charge is -2.12. The number of nitrogens with one attached hydrogen (secondary N) is 2. The van der Waals surface area contributed by atoms with Gasteiger partial charge in [-0.3, -0.25) is 0 Å². The molecule has 1 heterocycles. The molecule has 8 heteroatoms. The Kier molecular flexibility index (Phi) is 5.66. The van der Waals surface area contributed by atoms with E-state index in [0.717, 1.165) is 31.5 Å². The van der Waals surface area contributed by atoms with Gasteiger partial charge in [-0.1, -0.05) is 0 Å². The van der Waals surface area contributed by atoms with E-state index in [0.29, 0.717) is 6.07 Å². The molecular formula is C11H15ClF2N2O2S. The molecule has 0 bridgehead atoms. The molecule has 2 rings (SSSR count). The smallest absolute Gasteiger partial charge is 0.240 e. The van der Waals surface area contributed by atoms with E-state index < -0.39 is 26.6 Å². The largest absolute Gasteiger partial charge is 0.313 e. The first-order valence-electron chi connectivity index (χ1n) is 5.66. The van der Waals surface area contributed by atoms with Crippen molar-refractivity contribution in [3.05, 3.63) is 29.8 Å². The Hall–Kier alpha value is -0.760. The van der Waals surface area contributed by atoms with Crippen molar-refractivity contribution in [2.24, 2.45) is 0 Å². The third-order valence-corrected chi connectivity index (χ3v) is 4.23. The molecule has 1 aromatic carbocycles. The van der Waals surface area contributed by atoms with Crippen molar-refractivity contribution in [3.8, 4) is 0 Å². The van der Waals surface area contributed by atoms with E-state index in [4.69, 9.17) is 0 Å². The Balaban J connectivity index is 0.00000180. The zero-order chi connectivity index (χ0) is 13.2. The van der Waals surface area contributed by atoms with Gasteiger partial charge < -0.3 is 5.32 Å². The molecule has 2 N–H and O–H groups in total. The first-order valence-corrected chi connectivity index (χ1v) is 7.15. The summed E-state index contributed by atoms with van der Waals surface area (Å²) in [4.78, 5) is -0.391. The van der Waals surface area contributed by atoms with Gasteiger partial charge in [0.25, 0.3) is 0 Å². The highest BCUT2D eigenvalue weighted by Gasteiger charge is 2.20. The lowest BCUT2D eigenvalue weighted by atomic mass is 10.2. The molecule has 0 aromatic heterocycles. The topological polar surface area (TPSA) is 58.2 Å². The molecule has 19 heavy (non-hydrogen) atoms. The summed E-state index contributed by atoms with van der Waals surface area (Å²) in [5, 5.41) is 3.13. The van der Waals surface area contributed by atoms with Gasteiger partial charge in [0.05, 0.1) is 4.90 Å². The van der Waals surface area contributed by atoms with E-state index in [1.54, 1.807) is 0 Å². The third-order valence-electron chi connectivity index (χ3n) is 2.83. The van der Waals surface area contributed by atoms with E-state index in [1.165, 1.54) is 0 Å². The first-order chi connectivity index (χ1) is 8.47. The zero-order valence-electron chi connectivity index (χ0n) is 10.0. The molecule has 1 saturated heterocycles. The fourth-order valence-electron chi connectivity index (χ4n) is 1.91. The Labute approximate surface area is 117 Å². The molecule has 4 nitrogen and oxygen atoms in total. The summed E-state index contributed by atoms with van der Waals surface area (Å²) in [5.41, 5.74) is 0. The number of rotatable bonds is 4. The van der Waals surface area contributed by atoms with Crippen LogP contribution >= 0.6 is 12.4 Å². The summed E-state index contributed by atoms with van der Waals surface area (Å²) < 4.78 is 51.9. The molecule has 0 spiro atoms. The Morgan fingerprint density at radius 1 is 1.26 bits per heavy atom. The summed E-state index contributed by atoms with van der Waals surface area (Å²) in [7, 11) is -3.86. The van der Waals surface area contributed by atoms with Crippen molar-refractivity contribution in [2.75, 3.05) is 13.1 Å². The van der Waals surface area contributed by atoms with Crippen LogP contribution in [0.3, 0.4) is 0 Å². The van der Waals surface area contributed by atoms with Crippen LogP contribution < -0.4 is 10.0 Å². The lowest BCUT2D eigenvalue weighted by molar-refractivity contribution is 0.545. The maximum Gasteiger partial charge on any atom is 0.240 e. The lowest BCUT2D eigenvalue weighted by Crippen LogP contribution is -2.37. The predicted octanol–water partition coefficient (Wildman–Crippen LogP) is 1.42. The van der Waals surface area contributed by atoms with E-state index in [2.05, 4.69) is 10.0 Å². The fourth-order valence-corrected chi connectivity index (χ4v) is 3.03. The Morgan fingerprint density at radius 3 is 2.42 bits per heavy atom. The highest BCUT2D eigenvalue weighted by molar-refractivity contribution is 7.89. The highest BCUT2D eigenvalue weighted by atomic mass is 35.5. The Morgan fingerprint density at radius 2 is 1.89 bits per heavy atom. The summed E-state index contributed by atoms with van der Waals surface area (Å²) in [6.45, 7) is 1.08. The van der Waals surface area contributed by atoms with Crippen molar-refractivity contribution in [1.29, 1.82) is 0 Å². The monoisotopic (exact) mass is 312 g/mol. The van der Waals surface area contributed by atoms with Gasteiger partial charge in [0.15, 0.2) is 0 Å². The van der Waals surface area contributed by atoms with Gasteiger partial charge in [0.2, 0.25) is 10.0 Å². The van der Waals surface area contributed by atoms with E-state index in [1.807, 2.05) is 0 Å². The van der Waals surface area contributed by atoms with Crippen LogP contribution in [0.2, 0.25) is 0 Å². The fraction of sp³-hybridized carbons (Fsp3) is 0.455. The van der Waals surface area contributed by atoms with Gasteiger partial charge in [0, 0.05) is 18.7 Å². The van der Waals surface area contributed by atoms with Crippen molar-refractivity contribution >= 4 is 22.4 Å². The molecule has 0 amide bonds. The van der Waals surface area contributed by atoms with Crippen molar-refractivity contribution in [3.63, 3.8) is 0 Å². The second-order valence-corrected chi connectivity index (χ2v) is 6.02. The van der Waals surface area contributed by atoms with Crippen LogP contribution in [0.5, 0.6) is 0 Å². The average molecular weight is 313 g/mol. The van der Waals surface area contributed by atoms with Gasteiger partial charge in [-0.2, -0.15) is 0 Å². The maximum atomic E-state index is 13.0. The SMILES string of the molecule is Cl.O=S(=O)(NCC1CCCN1)c1cc(F)cc(F)c1. The van der Waals surface area contributed by atoms with Crippen molar-refractivity contribution < 1.29 is 17.2 Å². The molecule has 0 aliphatic carbocycles. The molecule has 0 saturated carbocycles. The Bertz CT molecular complexity index is 513. The van der Waals surface area contributed by atoms with Crippen LogP contribution in [-0.2, 0) is 10.0 Å². The van der Waals surface area contributed by atoms with E-state index in [9.17, 15) is 17.2 Å². The normalized spacial score (nSPS) is 19.2. The zero-order valence-corrected chi connectivity index (χ0v) is 11.7. The molecule has 1 atom stereocenters. The van der Waals surface area contributed by atoms with Crippen LogP contribution in [0.1, 0.15) is 12.8 Å². The molecule has 1 fully saturated rings. The maximum absolute atomic E-state index is 13.0. The quantitative estimate of drug-likeness (QED) is 0.884. The van der Waals surface area contributed by atoms with Crippen molar-refractivity contribution in [2.45, 2.75) is 23.8 Å². The van der Waals surface area contributed by atoms with Crippen LogP contribution in [-0.4, -0.2) is 27.5 Å². The van der Waals surface area contributed by atoms with Crippen LogP contribution in [0.25, 0.3) is 0 Å². The average Bonchev–Trinajstić information content (AvgIpc) is 2.78. The molecule has 1 aromatic rings. The van der Waals surface area contributed by atoms with E-state index in [-0.39, 0.29) is 25.0 Å². The third kappa shape index (κ3) is 4.38. The summed E-state index contributed by atoms with van der Waals surface area (Å²) in [6, 6.07) is 2.32. The summed E-state index contributed by atoms with van der Waals surface area (Å²) in [5.74, 6) is -1.82. The number of hydrogen-bond donors (Lipinski definition) is 2. The minimum absolute atomic E-state index is 0. The number of hydrogen-bond acceptors (Lipinski definition) is 3. The summed E-state index contributed by atoms with van der Waals surface area (Å²) >= 11 is 0. The predicted molar refractivity (Wildman–Crippen MR) is 69.8 cm³/mol. The number of sulfonamides is 1. The number of benzene rings is 1. The second-order valence-electron chi connectivity index (χ2n) is 4.25. The molecule has 108 valence electrons. The highest BCUT2D eigenvalue weighted by Crippen LogP contribution is 2.14. The van der Waals surface area contributed by atoms with Gasteiger partial charge in [-0.25, -0.2) is 21.9 Å². The number of halogens is 3. The molecule has 1 aliphatic rings. The minimum Gasteiger partial charge on any atom is -0.313 e. The van der Waals surface area contributed by atoms with Gasteiger partial charge >= 0.3 is 0 Å². The summed E-state index contributed by atoms with van der Waals surface area (Å²) in [6.07, 6.45) is 1.89. The minimum atomic E-state index is -3.86. The van der Waals surface area contributed by atoms with Crippen LogP contribution in [0, 0.1) is 11.6 Å². The molecule has 1 unspecified atom stereocenters. The van der Waals surface area contributed by atoms with Crippen LogP contribution in [0.4, 0.5) is 8.78 Å². The molecular weight excluding hydrogens is 298 g/mol. The van der Waals surface area contributed by atoms with Gasteiger partial charge in [-0.15, -0.1) is 12.4 Å². The second kappa shape index (κ2) is 6.60. The van der Waals surface area contributed by atoms with Gasteiger partial charge in [0.1, 0.15) is 11.6 Å². The van der Waals surface area contributed by atoms with E-state index >= 15 is 0 Å². The van der Waals surface area contributed by atoms with Crippen LogP contribution in [0.15, 0.2) is 23.1 Å². The standard InChI is InChI=1S/C11H14F2N2O2S.ClH/c12-8-4-9(13)6-11(5-8)18(16,17)15-7-10-2-1-3-14-10;/h4-6,10,14-15H,1-3,7H2;1H.